The number of hydrogen-bond donors (Lipinski definition) is 0. The van der Waals surface area contributed by atoms with Crippen LogP contribution in [0.4, 0.5) is 5.82 Å². The molecule has 1 aliphatic heterocycles. The Kier molecular flexibility index (Phi) is 4.30. The molecule has 4 heteroatoms. The van der Waals surface area contributed by atoms with Gasteiger partial charge in [0.15, 0.2) is 5.82 Å². The van der Waals surface area contributed by atoms with E-state index in [-0.39, 0.29) is 0 Å². The number of aromatic nitrogens is 3. The van der Waals surface area contributed by atoms with E-state index >= 15 is 0 Å². The fourth-order valence-electron chi connectivity index (χ4n) is 3.70. The predicted molar refractivity (Wildman–Crippen MR) is 114 cm³/mol. The summed E-state index contributed by atoms with van der Waals surface area (Å²) in [4.78, 5) is 16.3. The van der Waals surface area contributed by atoms with E-state index < -0.39 is 0 Å². The zero-order chi connectivity index (χ0) is 18.8. The molecular formula is C24H20N4. The van der Waals surface area contributed by atoms with Gasteiger partial charge >= 0.3 is 0 Å². The number of benzene rings is 2. The monoisotopic (exact) mass is 364 g/mol. The van der Waals surface area contributed by atoms with Gasteiger partial charge in [-0.05, 0) is 41.8 Å². The first-order valence-corrected chi connectivity index (χ1v) is 9.55. The maximum atomic E-state index is 4.94. The quantitative estimate of drug-likeness (QED) is 0.514. The Hall–Kier alpha value is -3.53. The molecular weight excluding hydrogens is 344 g/mol. The number of hydrogen-bond acceptors (Lipinski definition) is 4. The maximum Gasteiger partial charge on any atom is 0.163 e. The molecule has 0 radical (unpaired) electrons. The van der Waals surface area contributed by atoms with Crippen molar-refractivity contribution >= 4 is 22.3 Å². The van der Waals surface area contributed by atoms with Crippen LogP contribution < -0.4 is 4.90 Å². The molecule has 0 amide bonds. The highest BCUT2D eigenvalue weighted by Gasteiger charge is 2.18. The lowest BCUT2D eigenvalue weighted by molar-refractivity contribution is 0.820. The van der Waals surface area contributed by atoms with Crippen LogP contribution in [-0.4, -0.2) is 28.0 Å². The molecule has 0 atom stereocenters. The van der Waals surface area contributed by atoms with Crippen LogP contribution in [0.15, 0.2) is 85.2 Å². The highest BCUT2D eigenvalue weighted by atomic mass is 15.2. The van der Waals surface area contributed by atoms with Gasteiger partial charge in [0.25, 0.3) is 0 Å². The van der Waals surface area contributed by atoms with Crippen molar-refractivity contribution in [1.29, 1.82) is 0 Å². The number of pyridine rings is 1. The Bertz CT molecular complexity index is 1140. The molecule has 3 heterocycles. The molecule has 0 saturated carbocycles. The van der Waals surface area contributed by atoms with Crippen molar-refractivity contribution in [3.8, 4) is 11.4 Å². The first-order valence-electron chi connectivity index (χ1n) is 9.55. The predicted octanol–water partition coefficient (Wildman–Crippen LogP) is 4.99. The van der Waals surface area contributed by atoms with Crippen LogP contribution in [-0.2, 0) is 0 Å². The third kappa shape index (κ3) is 3.14. The van der Waals surface area contributed by atoms with E-state index in [9.17, 15) is 0 Å². The Balaban J connectivity index is 1.55. The Morgan fingerprint density at radius 1 is 0.786 bits per heavy atom. The Morgan fingerprint density at radius 2 is 1.61 bits per heavy atom. The van der Waals surface area contributed by atoms with Gasteiger partial charge in [0, 0.05) is 36.4 Å². The van der Waals surface area contributed by atoms with Gasteiger partial charge in [-0.25, -0.2) is 9.97 Å². The van der Waals surface area contributed by atoms with Gasteiger partial charge in [-0.2, -0.15) is 0 Å². The molecule has 1 aliphatic rings. The van der Waals surface area contributed by atoms with Crippen LogP contribution >= 0.6 is 0 Å². The lowest BCUT2D eigenvalue weighted by atomic mass is 9.99. The van der Waals surface area contributed by atoms with Crippen molar-refractivity contribution in [2.24, 2.45) is 0 Å². The number of fused-ring (bicyclic) bond motifs is 1. The zero-order valence-corrected chi connectivity index (χ0v) is 15.5. The second-order valence-corrected chi connectivity index (χ2v) is 6.92. The maximum absolute atomic E-state index is 4.94. The SMILES string of the molecule is C1=C(c2ccccc2)CCN(c2nc(-c3cccnc3)nc3ccccc23)C1. The van der Waals surface area contributed by atoms with Crippen LogP contribution in [0.5, 0.6) is 0 Å². The highest BCUT2D eigenvalue weighted by Crippen LogP contribution is 2.30. The summed E-state index contributed by atoms with van der Waals surface area (Å²) in [6.45, 7) is 1.78. The Labute approximate surface area is 164 Å². The molecule has 5 rings (SSSR count). The minimum absolute atomic E-state index is 0.722. The molecule has 2 aromatic heterocycles. The van der Waals surface area contributed by atoms with Crippen LogP contribution in [0.2, 0.25) is 0 Å². The summed E-state index contributed by atoms with van der Waals surface area (Å²) in [5.74, 6) is 1.72. The largest absolute Gasteiger partial charge is 0.352 e. The summed E-state index contributed by atoms with van der Waals surface area (Å²) in [6.07, 6.45) is 6.91. The van der Waals surface area contributed by atoms with Gasteiger partial charge in [0.2, 0.25) is 0 Å². The molecule has 2 aromatic carbocycles. The van der Waals surface area contributed by atoms with Crippen molar-refractivity contribution < 1.29 is 0 Å². The zero-order valence-electron chi connectivity index (χ0n) is 15.5. The first kappa shape index (κ1) is 16.6. The molecule has 0 fully saturated rings. The normalized spacial score (nSPS) is 14.1. The fraction of sp³-hybridized carbons (Fsp3) is 0.125. The lowest BCUT2D eigenvalue weighted by Crippen LogP contribution is -2.29. The van der Waals surface area contributed by atoms with Gasteiger partial charge in [0.05, 0.1) is 5.52 Å². The average Bonchev–Trinajstić information content (AvgIpc) is 2.80. The lowest BCUT2D eigenvalue weighted by Gasteiger charge is -2.28. The van der Waals surface area contributed by atoms with Crippen molar-refractivity contribution in [2.45, 2.75) is 6.42 Å². The molecule has 28 heavy (non-hydrogen) atoms. The molecule has 0 unspecified atom stereocenters. The molecule has 0 saturated heterocycles. The number of para-hydroxylation sites is 1. The molecule has 0 aliphatic carbocycles. The number of nitrogens with zero attached hydrogens (tertiary/aromatic N) is 4. The third-order valence-electron chi connectivity index (χ3n) is 5.16. The fourth-order valence-corrected chi connectivity index (χ4v) is 3.70. The number of rotatable bonds is 3. The van der Waals surface area contributed by atoms with Gasteiger partial charge in [-0.1, -0.05) is 48.5 Å². The van der Waals surface area contributed by atoms with Gasteiger partial charge in [-0.3, -0.25) is 4.98 Å². The molecule has 4 aromatic rings. The van der Waals surface area contributed by atoms with Gasteiger partial charge in [0.1, 0.15) is 5.82 Å². The molecule has 4 nitrogen and oxygen atoms in total. The van der Waals surface area contributed by atoms with Crippen LogP contribution in [0.3, 0.4) is 0 Å². The third-order valence-corrected chi connectivity index (χ3v) is 5.16. The first-order chi connectivity index (χ1) is 13.9. The van der Waals surface area contributed by atoms with Crippen LogP contribution in [0.1, 0.15) is 12.0 Å². The molecule has 0 bridgehead atoms. The summed E-state index contributed by atoms with van der Waals surface area (Å²) < 4.78 is 0. The topological polar surface area (TPSA) is 41.9 Å². The molecule has 0 spiro atoms. The van der Waals surface area contributed by atoms with Crippen molar-refractivity contribution in [2.75, 3.05) is 18.0 Å². The van der Waals surface area contributed by atoms with Gasteiger partial charge < -0.3 is 4.90 Å². The van der Waals surface area contributed by atoms with Crippen molar-refractivity contribution in [3.05, 3.63) is 90.8 Å². The van der Waals surface area contributed by atoms with E-state index in [0.29, 0.717) is 0 Å². The van der Waals surface area contributed by atoms with E-state index in [2.05, 4.69) is 58.4 Å². The van der Waals surface area contributed by atoms with E-state index in [1.807, 2.05) is 30.5 Å². The standard InChI is InChI=1S/C24H20N4/c1-2-7-18(8-3-1)19-12-15-28(16-13-19)24-21-10-4-5-11-22(21)26-23(27-24)20-9-6-14-25-17-20/h1-12,14,17H,13,15-16H2. The summed E-state index contributed by atoms with van der Waals surface area (Å²) >= 11 is 0. The second-order valence-electron chi connectivity index (χ2n) is 6.92. The average molecular weight is 364 g/mol. The van der Waals surface area contributed by atoms with Crippen LogP contribution in [0.25, 0.3) is 27.9 Å². The van der Waals surface area contributed by atoms with Crippen molar-refractivity contribution in [1.82, 2.24) is 15.0 Å². The summed E-state index contributed by atoms with van der Waals surface area (Å²) in [6, 6.07) is 22.8. The van der Waals surface area contributed by atoms with E-state index in [4.69, 9.17) is 9.97 Å². The smallest absolute Gasteiger partial charge is 0.163 e. The number of anilines is 1. The van der Waals surface area contributed by atoms with Crippen molar-refractivity contribution in [3.63, 3.8) is 0 Å². The highest BCUT2D eigenvalue weighted by molar-refractivity contribution is 5.91. The van der Waals surface area contributed by atoms with Crippen LogP contribution in [0, 0.1) is 0 Å². The van der Waals surface area contributed by atoms with Gasteiger partial charge in [-0.15, -0.1) is 0 Å². The minimum Gasteiger partial charge on any atom is -0.352 e. The van der Waals surface area contributed by atoms with E-state index in [0.717, 1.165) is 47.6 Å². The Morgan fingerprint density at radius 3 is 2.39 bits per heavy atom. The summed E-state index contributed by atoms with van der Waals surface area (Å²) in [5, 5.41) is 1.09. The van der Waals surface area contributed by atoms with E-state index in [1.165, 1.54) is 11.1 Å². The summed E-state index contributed by atoms with van der Waals surface area (Å²) in [7, 11) is 0. The molecule has 0 N–H and O–H groups in total. The second kappa shape index (κ2) is 7.24. The molecule has 136 valence electrons. The van der Waals surface area contributed by atoms with E-state index in [1.54, 1.807) is 6.20 Å². The summed E-state index contributed by atoms with van der Waals surface area (Å²) in [5.41, 5.74) is 4.62. The minimum atomic E-state index is 0.722.